The summed E-state index contributed by atoms with van der Waals surface area (Å²) in [6.07, 6.45) is 1.78. The van der Waals surface area contributed by atoms with Gasteiger partial charge in [0.1, 0.15) is 6.61 Å². The predicted octanol–water partition coefficient (Wildman–Crippen LogP) is 2.13. The molecule has 1 fully saturated rings. The second kappa shape index (κ2) is 4.69. The van der Waals surface area contributed by atoms with Crippen molar-refractivity contribution in [3.05, 3.63) is 24.0 Å². The van der Waals surface area contributed by atoms with Crippen LogP contribution in [0, 0.1) is 0 Å². The van der Waals surface area contributed by atoms with Gasteiger partial charge in [-0.2, -0.15) is 0 Å². The number of hydrogen-bond acceptors (Lipinski definition) is 3. The Bertz CT molecular complexity index is 434. The van der Waals surface area contributed by atoms with E-state index in [9.17, 15) is 4.79 Å². The maximum absolute atomic E-state index is 11.9. The molecule has 1 aromatic rings. The van der Waals surface area contributed by atoms with Crippen LogP contribution in [0.4, 0.5) is 5.69 Å². The summed E-state index contributed by atoms with van der Waals surface area (Å²) in [6, 6.07) is 4.02. The minimum atomic E-state index is -0.000872. The van der Waals surface area contributed by atoms with Gasteiger partial charge in [-0.3, -0.25) is 9.78 Å². The van der Waals surface area contributed by atoms with Gasteiger partial charge in [0.2, 0.25) is 0 Å². The molecule has 0 bridgehead atoms. The van der Waals surface area contributed by atoms with E-state index < -0.39 is 0 Å². The molecule has 0 saturated carbocycles. The standard InChI is InChI=1S/C14H20N2O2/c1-10-8-18-9-13(17)16(10)11-5-6-12(15-7-11)14(2,3)4/h5-7,10H,8-9H2,1-4H3. The second-order valence-electron chi connectivity index (χ2n) is 5.78. The Balaban J connectivity index is 2.26. The first-order chi connectivity index (χ1) is 8.39. The number of aromatic nitrogens is 1. The fourth-order valence-electron chi connectivity index (χ4n) is 2.08. The summed E-state index contributed by atoms with van der Waals surface area (Å²) in [6.45, 7) is 9.08. The highest BCUT2D eigenvalue weighted by Crippen LogP contribution is 2.24. The van der Waals surface area contributed by atoms with E-state index in [0.29, 0.717) is 6.61 Å². The highest BCUT2D eigenvalue weighted by atomic mass is 16.5. The van der Waals surface area contributed by atoms with Crippen molar-refractivity contribution in [3.63, 3.8) is 0 Å². The molecule has 98 valence electrons. The first kappa shape index (κ1) is 13.0. The summed E-state index contributed by atoms with van der Waals surface area (Å²) in [4.78, 5) is 18.1. The summed E-state index contributed by atoms with van der Waals surface area (Å²) in [7, 11) is 0. The zero-order valence-electron chi connectivity index (χ0n) is 11.4. The van der Waals surface area contributed by atoms with Gasteiger partial charge in [-0.05, 0) is 19.1 Å². The lowest BCUT2D eigenvalue weighted by Gasteiger charge is -2.33. The molecule has 0 aromatic carbocycles. The zero-order chi connectivity index (χ0) is 13.3. The van der Waals surface area contributed by atoms with Gasteiger partial charge in [0.15, 0.2) is 0 Å². The van der Waals surface area contributed by atoms with Crippen LogP contribution < -0.4 is 4.90 Å². The number of carbonyl (C=O) groups is 1. The Morgan fingerprint density at radius 3 is 2.61 bits per heavy atom. The molecule has 1 saturated heterocycles. The van der Waals surface area contributed by atoms with Crippen molar-refractivity contribution in [2.75, 3.05) is 18.1 Å². The van der Waals surface area contributed by atoms with E-state index in [2.05, 4.69) is 25.8 Å². The van der Waals surface area contributed by atoms with E-state index in [1.807, 2.05) is 19.1 Å². The molecule has 0 N–H and O–H groups in total. The van der Waals surface area contributed by atoms with Gasteiger partial charge < -0.3 is 9.64 Å². The van der Waals surface area contributed by atoms with E-state index in [-0.39, 0.29) is 24.0 Å². The SMILES string of the molecule is CC1COCC(=O)N1c1ccc(C(C)(C)C)nc1. The third-order valence-corrected chi connectivity index (χ3v) is 3.09. The molecule has 1 unspecified atom stereocenters. The number of ether oxygens (including phenoxy) is 1. The largest absolute Gasteiger partial charge is 0.369 e. The first-order valence-electron chi connectivity index (χ1n) is 6.26. The Morgan fingerprint density at radius 2 is 2.11 bits per heavy atom. The highest BCUT2D eigenvalue weighted by molar-refractivity contribution is 5.95. The van der Waals surface area contributed by atoms with Crippen LogP contribution in [-0.4, -0.2) is 30.1 Å². The van der Waals surface area contributed by atoms with Crippen molar-refractivity contribution < 1.29 is 9.53 Å². The third-order valence-electron chi connectivity index (χ3n) is 3.09. The molecule has 2 rings (SSSR count). The number of pyridine rings is 1. The van der Waals surface area contributed by atoms with Crippen LogP contribution in [0.2, 0.25) is 0 Å². The third kappa shape index (κ3) is 2.53. The van der Waals surface area contributed by atoms with Gasteiger partial charge in [-0.25, -0.2) is 0 Å². The lowest BCUT2D eigenvalue weighted by atomic mass is 9.92. The van der Waals surface area contributed by atoms with Crippen LogP contribution in [0.1, 0.15) is 33.4 Å². The van der Waals surface area contributed by atoms with Gasteiger partial charge in [0.05, 0.1) is 24.5 Å². The van der Waals surface area contributed by atoms with Gasteiger partial charge in [-0.15, -0.1) is 0 Å². The number of anilines is 1. The maximum atomic E-state index is 11.9. The van der Waals surface area contributed by atoms with E-state index in [1.54, 1.807) is 11.1 Å². The normalized spacial score (nSPS) is 21.2. The van der Waals surface area contributed by atoms with Crippen LogP contribution in [0.25, 0.3) is 0 Å². The summed E-state index contributed by atoms with van der Waals surface area (Å²) in [5, 5.41) is 0. The van der Waals surface area contributed by atoms with Crippen molar-refractivity contribution in [1.82, 2.24) is 4.98 Å². The lowest BCUT2D eigenvalue weighted by Crippen LogP contribution is -2.48. The first-order valence-corrected chi connectivity index (χ1v) is 6.26. The fourth-order valence-corrected chi connectivity index (χ4v) is 2.08. The summed E-state index contributed by atoms with van der Waals surface area (Å²) in [5.74, 6) is -0.000872. The van der Waals surface area contributed by atoms with E-state index in [4.69, 9.17) is 4.74 Å². The molecule has 0 spiro atoms. The molecule has 1 aliphatic heterocycles. The minimum absolute atomic E-state index is 0.000872. The number of rotatable bonds is 1. The van der Waals surface area contributed by atoms with Crippen molar-refractivity contribution in [2.24, 2.45) is 0 Å². The van der Waals surface area contributed by atoms with Crippen LogP contribution in [-0.2, 0) is 14.9 Å². The summed E-state index contributed by atoms with van der Waals surface area (Å²) >= 11 is 0. The van der Waals surface area contributed by atoms with E-state index in [0.717, 1.165) is 11.4 Å². The van der Waals surface area contributed by atoms with Gasteiger partial charge in [-0.1, -0.05) is 20.8 Å². The van der Waals surface area contributed by atoms with Crippen LogP contribution in [0.5, 0.6) is 0 Å². The monoisotopic (exact) mass is 248 g/mol. The highest BCUT2D eigenvalue weighted by Gasteiger charge is 2.27. The minimum Gasteiger partial charge on any atom is -0.369 e. The van der Waals surface area contributed by atoms with Crippen molar-refractivity contribution in [1.29, 1.82) is 0 Å². The average molecular weight is 248 g/mol. The Labute approximate surface area is 108 Å². The summed E-state index contributed by atoms with van der Waals surface area (Å²) in [5.41, 5.74) is 1.91. The Kier molecular flexibility index (Phi) is 3.39. The zero-order valence-corrected chi connectivity index (χ0v) is 11.4. The number of amides is 1. The molecule has 0 aliphatic carbocycles. The second-order valence-corrected chi connectivity index (χ2v) is 5.78. The van der Waals surface area contributed by atoms with Crippen molar-refractivity contribution >= 4 is 11.6 Å². The summed E-state index contributed by atoms with van der Waals surface area (Å²) < 4.78 is 5.21. The predicted molar refractivity (Wildman–Crippen MR) is 70.7 cm³/mol. The Morgan fingerprint density at radius 1 is 1.39 bits per heavy atom. The average Bonchev–Trinajstić information content (AvgIpc) is 2.28. The number of carbonyl (C=O) groups excluding carboxylic acids is 1. The Hall–Kier alpha value is -1.42. The molecule has 18 heavy (non-hydrogen) atoms. The maximum Gasteiger partial charge on any atom is 0.253 e. The van der Waals surface area contributed by atoms with Crippen LogP contribution in [0.3, 0.4) is 0 Å². The molecule has 1 aromatic heterocycles. The quantitative estimate of drug-likeness (QED) is 0.764. The van der Waals surface area contributed by atoms with Gasteiger partial charge >= 0.3 is 0 Å². The number of nitrogens with zero attached hydrogens (tertiary/aromatic N) is 2. The lowest BCUT2D eigenvalue weighted by molar-refractivity contribution is -0.127. The molecule has 2 heterocycles. The van der Waals surface area contributed by atoms with Crippen molar-refractivity contribution in [2.45, 2.75) is 39.2 Å². The molecule has 4 heteroatoms. The number of hydrogen-bond donors (Lipinski definition) is 0. The van der Waals surface area contributed by atoms with Gasteiger partial charge in [0, 0.05) is 11.1 Å². The smallest absolute Gasteiger partial charge is 0.253 e. The molecule has 4 nitrogen and oxygen atoms in total. The van der Waals surface area contributed by atoms with Crippen molar-refractivity contribution in [3.8, 4) is 0 Å². The van der Waals surface area contributed by atoms with E-state index >= 15 is 0 Å². The van der Waals surface area contributed by atoms with Crippen LogP contribution in [0.15, 0.2) is 18.3 Å². The number of morpholine rings is 1. The topological polar surface area (TPSA) is 42.4 Å². The molecule has 1 amide bonds. The van der Waals surface area contributed by atoms with Crippen LogP contribution >= 0.6 is 0 Å². The molecule has 1 aliphatic rings. The fraction of sp³-hybridized carbons (Fsp3) is 0.571. The van der Waals surface area contributed by atoms with Gasteiger partial charge in [0.25, 0.3) is 5.91 Å². The molecular formula is C14H20N2O2. The molecule has 1 atom stereocenters. The molecular weight excluding hydrogens is 228 g/mol. The molecule has 0 radical (unpaired) electrons. The van der Waals surface area contributed by atoms with E-state index in [1.165, 1.54) is 0 Å².